The quantitative estimate of drug-likeness (QED) is 0.687. The molecule has 1 fully saturated rings. The normalized spacial score (nSPS) is 15.8. The van der Waals surface area contributed by atoms with Crippen LogP contribution in [0.25, 0.3) is 22.2 Å². The average molecular weight is 381 g/mol. The Morgan fingerprint density at radius 3 is 2.70 bits per heavy atom. The molecule has 140 valence electrons. The first-order valence-electron chi connectivity index (χ1n) is 9.13. The summed E-state index contributed by atoms with van der Waals surface area (Å²) in [6.07, 6.45) is 5.53. The van der Waals surface area contributed by atoms with Crippen LogP contribution in [-0.4, -0.2) is 31.8 Å². The molecular weight excluding hydrogens is 360 g/mol. The Labute approximate surface area is 161 Å². The molecular formula is C20H21N4O2S-. The summed E-state index contributed by atoms with van der Waals surface area (Å²) in [6.45, 7) is 2.31. The maximum absolute atomic E-state index is 10.8. The van der Waals surface area contributed by atoms with E-state index in [0.29, 0.717) is 0 Å². The first-order valence-corrected chi connectivity index (χ1v) is 10.2. The van der Waals surface area contributed by atoms with Crippen molar-refractivity contribution in [3.63, 3.8) is 0 Å². The topological polar surface area (TPSA) is 81.2 Å². The lowest BCUT2D eigenvalue weighted by Crippen LogP contribution is -2.30. The molecule has 0 radical (unpaired) electrons. The summed E-state index contributed by atoms with van der Waals surface area (Å²) in [5.41, 5.74) is 4.62. The number of fused-ring (bicyclic) bond motifs is 1. The minimum atomic E-state index is -2.29. The van der Waals surface area contributed by atoms with Crippen molar-refractivity contribution in [1.82, 2.24) is 14.7 Å². The summed E-state index contributed by atoms with van der Waals surface area (Å²) < 4.78 is 24.1. The van der Waals surface area contributed by atoms with E-state index >= 15 is 0 Å². The highest BCUT2D eigenvalue weighted by Crippen LogP contribution is 2.27. The van der Waals surface area contributed by atoms with E-state index in [0.717, 1.165) is 46.6 Å². The molecule has 1 saturated heterocycles. The predicted molar refractivity (Wildman–Crippen MR) is 107 cm³/mol. The van der Waals surface area contributed by atoms with Crippen molar-refractivity contribution in [3.8, 4) is 11.1 Å². The number of hydrogen-bond acceptors (Lipinski definition) is 5. The summed E-state index contributed by atoms with van der Waals surface area (Å²) in [7, 11) is 0. The molecule has 2 heterocycles. The Hall–Kier alpha value is -2.35. The second-order valence-electron chi connectivity index (χ2n) is 6.69. The van der Waals surface area contributed by atoms with E-state index in [1.165, 1.54) is 19.3 Å². The Morgan fingerprint density at radius 2 is 1.89 bits per heavy atom. The van der Waals surface area contributed by atoms with Crippen molar-refractivity contribution in [2.24, 2.45) is 0 Å². The molecule has 1 aliphatic heterocycles. The number of nitrogens with zero attached hydrogens (tertiary/aromatic N) is 3. The van der Waals surface area contributed by atoms with Gasteiger partial charge in [0.1, 0.15) is 5.82 Å². The van der Waals surface area contributed by atoms with Crippen molar-refractivity contribution in [3.05, 3.63) is 54.2 Å². The number of hydrogen-bond donors (Lipinski definition) is 1. The van der Waals surface area contributed by atoms with Crippen LogP contribution in [-0.2, 0) is 17.8 Å². The molecule has 1 aliphatic rings. The second-order valence-corrected chi connectivity index (χ2v) is 7.45. The molecule has 27 heavy (non-hydrogen) atoms. The number of aromatic nitrogens is 2. The van der Waals surface area contributed by atoms with E-state index in [9.17, 15) is 8.76 Å². The van der Waals surface area contributed by atoms with Gasteiger partial charge in [0.05, 0.1) is 17.2 Å². The zero-order valence-electron chi connectivity index (χ0n) is 14.9. The molecule has 0 aliphatic carbocycles. The molecule has 0 saturated carbocycles. The molecule has 0 amide bonds. The number of anilines is 1. The van der Waals surface area contributed by atoms with Crippen LogP contribution in [0.2, 0.25) is 0 Å². The maximum atomic E-state index is 10.8. The fourth-order valence-corrected chi connectivity index (χ4v) is 3.81. The lowest BCUT2D eigenvalue weighted by atomic mass is 9.99. The van der Waals surface area contributed by atoms with E-state index in [-0.39, 0.29) is 6.54 Å². The second kappa shape index (κ2) is 8.12. The van der Waals surface area contributed by atoms with Crippen LogP contribution in [0.1, 0.15) is 24.8 Å². The molecule has 1 unspecified atom stereocenters. The zero-order chi connectivity index (χ0) is 18.6. The van der Waals surface area contributed by atoms with Crippen LogP contribution in [0.15, 0.2) is 48.7 Å². The van der Waals surface area contributed by atoms with E-state index in [1.807, 2.05) is 48.7 Å². The van der Waals surface area contributed by atoms with E-state index in [2.05, 4.69) is 14.6 Å². The third-order valence-corrected chi connectivity index (χ3v) is 5.30. The van der Waals surface area contributed by atoms with E-state index in [4.69, 9.17) is 4.98 Å². The summed E-state index contributed by atoms with van der Waals surface area (Å²) in [6, 6.07) is 13.8. The molecule has 3 aromatic rings. The Balaban J connectivity index is 1.69. The van der Waals surface area contributed by atoms with Crippen LogP contribution in [0.3, 0.4) is 0 Å². The van der Waals surface area contributed by atoms with Gasteiger partial charge >= 0.3 is 0 Å². The van der Waals surface area contributed by atoms with Gasteiger partial charge in [-0.1, -0.05) is 30.3 Å². The molecule has 7 heteroatoms. The molecule has 2 aromatic carbocycles. The van der Waals surface area contributed by atoms with Gasteiger partial charge in [0, 0.05) is 30.9 Å². The number of rotatable bonds is 5. The summed E-state index contributed by atoms with van der Waals surface area (Å²) in [5.74, 6) is 0.927. The molecule has 1 N–H and O–H groups in total. The number of piperidine rings is 1. The zero-order valence-corrected chi connectivity index (χ0v) is 15.7. The van der Waals surface area contributed by atoms with Crippen molar-refractivity contribution in [2.75, 3.05) is 18.0 Å². The first kappa shape index (κ1) is 18.0. The summed E-state index contributed by atoms with van der Waals surface area (Å²) >= 11 is -2.29. The van der Waals surface area contributed by atoms with Gasteiger partial charge in [-0.3, -0.25) is 9.19 Å². The molecule has 4 rings (SSSR count). The average Bonchev–Trinajstić information content (AvgIpc) is 2.72. The van der Waals surface area contributed by atoms with Crippen molar-refractivity contribution in [2.45, 2.75) is 25.8 Å². The van der Waals surface area contributed by atoms with Gasteiger partial charge < -0.3 is 9.45 Å². The highest BCUT2D eigenvalue weighted by Gasteiger charge is 2.13. The Bertz CT molecular complexity index is 973. The molecule has 6 nitrogen and oxygen atoms in total. The molecule has 1 aromatic heterocycles. The third kappa shape index (κ3) is 4.16. The minimum Gasteiger partial charge on any atom is -0.760 e. The minimum absolute atomic E-state index is 0.254. The monoisotopic (exact) mass is 381 g/mol. The largest absolute Gasteiger partial charge is 0.760 e. The van der Waals surface area contributed by atoms with Crippen molar-refractivity contribution < 1.29 is 8.76 Å². The Morgan fingerprint density at radius 1 is 1.07 bits per heavy atom. The maximum Gasteiger partial charge on any atom is 0.147 e. The van der Waals surface area contributed by atoms with E-state index in [1.54, 1.807) is 0 Å². The Kier molecular flexibility index (Phi) is 5.42. The smallest absolute Gasteiger partial charge is 0.147 e. The highest BCUT2D eigenvalue weighted by molar-refractivity contribution is 7.77. The van der Waals surface area contributed by atoms with E-state index < -0.39 is 11.3 Å². The van der Waals surface area contributed by atoms with Crippen LogP contribution in [0, 0.1) is 0 Å². The lowest BCUT2D eigenvalue weighted by molar-refractivity contribution is 0.522. The third-order valence-electron chi connectivity index (χ3n) is 4.92. The van der Waals surface area contributed by atoms with Crippen molar-refractivity contribution >= 4 is 28.1 Å². The highest BCUT2D eigenvalue weighted by atomic mass is 32.2. The van der Waals surface area contributed by atoms with Gasteiger partial charge in [-0.2, -0.15) is 0 Å². The van der Waals surface area contributed by atoms with Gasteiger partial charge in [0.2, 0.25) is 0 Å². The fraction of sp³-hybridized carbons (Fsp3) is 0.300. The summed E-state index contributed by atoms with van der Waals surface area (Å²) in [5, 5.41) is 0. The van der Waals surface area contributed by atoms with Gasteiger partial charge in [-0.15, -0.1) is 0 Å². The predicted octanol–water partition coefficient (Wildman–Crippen LogP) is 3.17. The molecule has 0 bridgehead atoms. The van der Waals surface area contributed by atoms with Crippen LogP contribution in [0.5, 0.6) is 0 Å². The number of benzene rings is 2. The molecule has 0 spiro atoms. The first-order chi connectivity index (χ1) is 13.2. The standard InChI is InChI=1S/C20H22N4O2S/c25-27(26)22-13-16-6-2-3-7-17(16)15-8-9-18-19(12-15)23-20(14-21-18)24-10-4-1-5-11-24/h2-3,6-9,12,14,22H,1,4-5,10-11,13H2,(H,25,26)/p-1. The molecule has 1 atom stereocenters. The number of nitrogens with one attached hydrogen (secondary N) is 1. The lowest BCUT2D eigenvalue weighted by Gasteiger charge is -2.27. The van der Waals surface area contributed by atoms with Gasteiger partial charge in [-0.05, 0) is 48.1 Å². The van der Waals surface area contributed by atoms with Crippen LogP contribution in [0.4, 0.5) is 5.82 Å². The van der Waals surface area contributed by atoms with Gasteiger partial charge in [-0.25, -0.2) is 9.71 Å². The van der Waals surface area contributed by atoms with Crippen LogP contribution < -0.4 is 9.62 Å². The van der Waals surface area contributed by atoms with Crippen LogP contribution >= 0.6 is 0 Å². The van der Waals surface area contributed by atoms with Gasteiger partial charge in [0.25, 0.3) is 0 Å². The van der Waals surface area contributed by atoms with Crippen molar-refractivity contribution in [1.29, 1.82) is 0 Å². The SMILES string of the molecule is O=S([O-])NCc1ccccc1-c1ccc2ncc(N3CCCCC3)nc2c1. The fourth-order valence-electron chi connectivity index (χ4n) is 3.54. The summed E-state index contributed by atoms with van der Waals surface area (Å²) in [4.78, 5) is 11.7. The van der Waals surface area contributed by atoms with Gasteiger partial charge in [0.15, 0.2) is 0 Å².